The standard InChI is InChI=1S/C68H116NO8P/c1-6-8-10-12-14-16-18-20-22-24-26-28-30-31-32-33-34-35-36-37-39-41-43-45-47-49-51-53-55-57-59-61-68(71)77-66(65-76-78(72,73)75-63-62-69(3,4)5)64-74-67(70)60-58-56-54-52-50-48-46-44-42-40-38-29-27-25-23-21-19-17-15-13-11-9-7-2/h8,10,14,16,19-22,25-28,31-32,34-35,37,39,43,45,66H,6-7,9,11-13,15,17-18,23-24,29-30,33,36,38,40-42,44,46-65H2,1-5H3/b10-8-,16-14-,21-19-,22-20-,27-25-,28-26-,32-31-,35-34-,39-37-,45-43-. The van der Waals surface area contributed by atoms with Crippen LogP contribution in [0.4, 0.5) is 0 Å². The molecule has 0 saturated heterocycles. The summed E-state index contributed by atoms with van der Waals surface area (Å²) < 4.78 is 34.2. The van der Waals surface area contributed by atoms with Gasteiger partial charge in [-0.25, -0.2) is 0 Å². The largest absolute Gasteiger partial charge is 0.756 e. The van der Waals surface area contributed by atoms with Gasteiger partial charge in [0.25, 0.3) is 7.82 Å². The van der Waals surface area contributed by atoms with Crippen LogP contribution >= 0.6 is 7.82 Å². The van der Waals surface area contributed by atoms with Crippen molar-refractivity contribution in [3.8, 4) is 0 Å². The molecular weight excluding hydrogens is 990 g/mol. The van der Waals surface area contributed by atoms with Crippen molar-refractivity contribution in [2.75, 3.05) is 47.5 Å². The number of esters is 2. The van der Waals surface area contributed by atoms with E-state index in [-0.39, 0.29) is 26.1 Å². The molecule has 0 heterocycles. The first-order chi connectivity index (χ1) is 38.0. The lowest BCUT2D eigenvalue weighted by Crippen LogP contribution is -2.37. The summed E-state index contributed by atoms with van der Waals surface area (Å²) >= 11 is 0. The normalized spacial score (nSPS) is 14.1. The van der Waals surface area contributed by atoms with Gasteiger partial charge in [0.2, 0.25) is 0 Å². The van der Waals surface area contributed by atoms with E-state index in [4.69, 9.17) is 18.5 Å². The first kappa shape index (κ1) is 74.4. The highest BCUT2D eigenvalue weighted by Crippen LogP contribution is 2.38. The van der Waals surface area contributed by atoms with Crippen molar-refractivity contribution in [1.82, 2.24) is 0 Å². The minimum Gasteiger partial charge on any atom is -0.756 e. The van der Waals surface area contributed by atoms with E-state index in [2.05, 4.69) is 135 Å². The molecular formula is C68H116NO8P. The van der Waals surface area contributed by atoms with Gasteiger partial charge in [-0.3, -0.25) is 14.2 Å². The monoisotopic (exact) mass is 1110 g/mol. The fourth-order valence-electron chi connectivity index (χ4n) is 8.17. The summed E-state index contributed by atoms with van der Waals surface area (Å²) in [5.74, 6) is -0.857. The van der Waals surface area contributed by atoms with E-state index in [1.165, 1.54) is 96.3 Å². The molecule has 0 radical (unpaired) electrons. The predicted molar refractivity (Wildman–Crippen MR) is 332 cm³/mol. The summed E-state index contributed by atoms with van der Waals surface area (Å²) in [7, 11) is 1.14. The first-order valence-electron chi connectivity index (χ1n) is 31.2. The third kappa shape index (κ3) is 61.6. The number of carbonyl (C=O) groups excluding carboxylic acids is 2. The molecule has 0 N–H and O–H groups in total. The van der Waals surface area contributed by atoms with Gasteiger partial charge < -0.3 is 27.9 Å². The number of nitrogens with zero attached hydrogens (tertiary/aromatic N) is 1. The van der Waals surface area contributed by atoms with Crippen LogP contribution in [0.5, 0.6) is 0 Å². The summed E-state index contributed by atoms with van der Waals surface area (Å²) in [5.41, 5.74) is 0. The van der Waals surface area contributed by atoms with E-state index in [1.807, 2.05) is 21.1 Å². The highest BCUT2D eigenvalue weighted by molar-refractivity contribution is 7.45. The van der Waals surface area contributed by atoms with Crippen molar-refractivity contribution in [2.45, 2.75) is 251 Å². The zero-order chi connectivity index (χ0) is 57.0. The van der Waals surface area contributed by atoms with Crippen molar-refractivity contribution < 1.29 is 42.1 Å². The maximum absolute atomic E-state index is 12.8. The van der Waals surface area contributed by atoms with Crippen LogP contribution in [0, 0.1) is 0 Å². The van der Waals surface area contributed by atoms with Crippen LogP contribution in [-0.2, 0) is 32.7 Å². The molecule has 78 heavy (non-hydrogen) atoms. The molecule has 0 rings (SSSR count). The minimum atomic E-state index is -4.65. The van der Waals surface area contributed by atoms with Crippen LogP contribution in [0.2, 0.25) is 0 Å². The Morgan fingerprint density at radius 2 is 0.731 bits per heavy atom. The zero-order valence-corrected chi connectivity index (χ0v) is 51.5. The topological polar surface area (TPSA) is 111 Å². The second-order valence-electron chi connectivity index (χ2n) is 21.7. The van der Waals surface area contributed by atoms with Crippen molar-refractivity contribution in [3.05, 3.63) is 122 Å². The average Bonchev–Trinajstić information content (AvgIpc) is 3.40. The van der Waals surface area contributed by atoms with Gasteiger partial charge in [0, 0.05) is 12.8 Å². The number of phosphoric acid groups is 1. The fraction of sp³-hybridized carbons (Fsp3) is 0.676. The van der Waals surface area contributed by atoms with Gasteiger partial charge in [0.1, 0.15) is 19.8 Å². The number of likely N-dealkylation sites (N-methyl/N-ethyl adjacent to an activating group) is 1. The molecule has 446 valence electrons. The molecule has 2 unspecified atom stereocenters. The van der Waals surface area contributed by atoms with Crippen molar-refractivity contribution in [2.24, 2.45) is 0 Å². The van der Waals surface area contributed by atoms with Gasteiger partial charge in [0.05, 0.1) is 27.7 Å². The van der Waals surface area contributed by atoms with E-state index in [0.29, 0.717) is 17.4 Å². The van der Waals surface area contributed by atoms with Crippen LogP contribution in [0.15, 0.2) is 122 Å². The molecule has 0 aliphatic rings. The summed E-state index contributed by atoms with van der Waals surface area (Å²) in [4.78, 5) is 38.0. The van der Waals surface area contributed by atoms with Crippen LogP contribution in [0.1, 0.15) is 245 Å². The van der Waals surface area contributed by atoms with E-state index in [1.54, 1.807) is 0 Å². The second-order valence-corrected chi connectivity index (χ2v) is 23.1. The lowest BCUT2D eigenvalue weighted by atomic mass is 10.0. The maximum Gasteiger partial charge on any atom is 0.306 e. The molecule has 0 bridgehead atoms. The predicted octanol–water partition coefficient (Wildman–Crippen LogP) is 19.3. The third-order valence-electron chi connectivity index (χ3n) is 13.0. The van der Waals surface area contributed by atoms with Crippen molar-refractivity contribution in [1.29, 1.82) is 0 Å². The molecule has 0 aliphatic heterocycles. The Kier molecular flexibility index (Phi) is 55.4. The van der Waals surface area contributed by atoms with Gasteiger partial charge in [-0.2, -0.15) is 0 Å². The quantitative estimate of drug-likeness (QED) is 0.0195. The van der Waals surface area contributed by atoms with E-state index >= 15 is 0 Å². The van der Waals surface area contributed by atoms with Crippen molar-refractivity contribution in [3.63, 3.8) is 0 Å². The summed E-state index contributed by atoms with van der Waals surface area (Å²) in [6.45, 7) is 4.09. The molecule has 0 saturated carbocycles. The molecule has 0 fully saturated rings. The number of unbranched alkanes of at least 4 members (excludes halogenated alkanes) is 22. The Bertz CT molecular complexity index is 1730. The lowest BCUT2D eigenvalue weighted by Gasteiger charge is -2.28. The van der Waals surface area contributed by atoms with Crippen LogP contribution < -0.4 is 4.89 Å². The summed E-state index contributed by atoms with van der Waals surface area (Å²) in [6, 6.07) is 0. The Hall–Kier alpha value is -3.59. The smallest absolute Gasteiger partial charge is 0.306 e. The first-order valence-corrected chi connectivity index (χ1v) is 32.7. The Labute approximate surface area is 479 Å². The van der Waals surface area contributed by atoms with Crippen LogP contribution in [-0.4, -0.2) is 70.0 Å². The minimum absolute atomic E-state index is 0.0405. The van der Waals surface area contributed by atoms with Crippen molar-refractivity contribution >= 4 is 19.8 Å². The lowest BCUT2D eigenvalue weighted by molar-refractivity contribution is -0.870. The molecule has 0 aromatic carbocycles. The number of quaternary nitrogens is 1. The van der Waals surface area contributed by atoms with E-state index < -0.39 is 32.5 Å². The highest BCUT2D eigenvalue weighted by atomic mass is 31.2. The summed E-state index contributed by atoms with van der Waals surface area (Å²) in [6.07, 6.45) is 82.4. The number of hydrogen-bond donors (Lipinski definition) is 0. The van der Waals surface area contributed by atoms with E-state index in [0.717, 1.165) is 116 Å². The molecule has 0 aliphatic carbocycles. The van der Waals surface area contributed by atoms with Crippen LogP contribution in [0.25, 0.3) is 0 Å². The molecule has 9 nitrogen and oxygen atoms in total. The second kappa shape index (κ2) is 58.1. The maximum atomic E-state index is 12.8. The van der Waals surface area contributed by atoms with Gasteiger partial charge in [-0.15, -0.1) is 0 Å². The Morgan fingerprint density at radius 3 is 1.09 bits per heavy atom. The number of hydrogen-bond acceptors (Lipinski definition) is 8. The van der Waals surface area contributed by atoms with Gasteiger partial charge >= 0.3 is 11.9 Å². The van der Waals surface area contributed by atoms with Crippen LogP contribution in [0.3, 0.4) is 0 Å². The molecule has 2 atom stereocenters. The molecule has 0 amide bonds. The third-order valence-corrected chi connectivity index (χ3v) is 13.9. The molecule has 0 aromatic rings. The molecule has 10 heteroatoms. The highest BCUT2D eigenvalue weighted by Gasteiger charge is 2.22. The van der Waals surface area contributed by atoms with E-state index in [9.17, 15) is 19.0 Å². The number of allylic oxidation sites excluding steroid dienone is 20. The number of ether oxygens (including phenoxy) is 2. The molecule has 0 spiro atoms. The average molecular weight is 1110 g/mol. The Balaban J connectivity index is 4.21. The summed E-state index contributed by atoms with van der Waals surface area (Å²) in [5, 5.41) is 0. The Morgan fingerprint density at radius 1 is 0.410 bits per heavy atom. The fourth-order valence-corrected chi connectivity index (χ4v) is 8.90. The number of rotatable bonds is 56. The van der Waals surface area contributed by atoms with Gasteiger partial charge in [0.15, 0.2) is 6.10 Å². The van der Waals surface area contributed by atoms with Gasteiger partial charge in [-0.1, -0.05) is 245 Å². The number of carbonyl (C=O) groups is 2. The van der Waals surface area contributed by atoms with Gasteiger partial charge in [-0.05, 0) is 109 Å². The number of phosphoric ester groups is 1. The zero-order valence-electron chi connectivity index (χ0n) is 50.6. The SMILES string of the molecule is CC/C=C\C/C=C\C/C=C\C/C=C\C/C=C\C/C=C\C/C=C\C/C=C\CCCCCCCCC(=O)OC(COC(=O)CCCCCCCCCCCCC/C=C\C/C=C\CCCCCCC)COP(=O)([O-])OCC[N+](C)(C)C. The molecule has 0 aromatic heterocycles.